The first-order valence-corrected chi connectivity index (χ1v) is 24.2. The molecule has 316 valence electrons. The van der Waals surface area contributed by atoms with Crippen LogP contribution in [0.3, 0.4) is 0 Å². The van der Waals surface area contributed by atoms with Gasteiger partial charge in [-0.05, 0) is 118 Å². The van der Waals surface area contributed by atoms with E-state index in [1.165, 1.54) is 5.56 Å². The lowest BCUT2D eigenvalue weighted by atomic mass is 9.64. The van der Waals surface area contributed by atoms with Crippen molar-refractivity contribution in [2.24, 2.45) is 0 Å². The number of sulfone groups is 1. The van der Waals surface area contributed by atoms with Crippen molar-refractivity contribution in [2.45, 2.75) is 15.2 Å². The number of hydrogen-bond acceptors (Lipinski definition) is 4. The number of nitrogens with zero attached hydrogens (tertiary/aromatic N) is 3. The van der Waals surface area contributed by atoms with Crippen LogP contribution in [0, 0.1) is 0 Å². The second-order valence-electron chi connectivity index (χ2n) is 17.6. The molecule has 11 aromatic rings. The van der Waals surface area contributed by atoms with E-state index in [0.717, 1.165) is 89.2 Å². The first-order valence-electron chi connectivity index (χ1n) is 22.7. The molecule has 0 amide bonds. The summed E-state index contributed by atoms with van der Waals surface area (Å²) < 4.78 is 32.7. The number of benzene rings is 10. The van der Waals surface area contributed by atoms with Crippen LogP contribution in [-0.4, -0.2) is 13.0 Å². The Labute approximate surface area is 388 Å². The summed E-state index contributed by atoms with van der Waals surface area (Å²) in [5.74, 6) is 0. The predicted octanol–water partition coefficient (Wildman–Crippen LogP) is 15.2. The quantitative estimate of drug-likeness (QED) is 0.177. The molecule has 1 aliphatic carbocycles. The first-order chi connectivity index (χ1) is 33.0. The van der Waals surface area contributed by atoms with Gasteiger partial charge in [-0.2, -0.15) is 0 Å². The van der Waals surface area contributed by atoms with Crippen molar-refractivity contribution in [2.75, 3.05) is 9.80 Å². The summed E-state index contributed by atoms with van der Waals surface area (Å²) in [6, 6.07) is 82.5. The maximum Gasteiger partial charge on any atom is 0.210 e. The Morgan fingerprint density at radius 3 is 1.67 bits per heavy atom. The van der Waals surface area contributed by atoms with Gasteiger partial charge in [0.1, 0.15) is 0 Å². The van der Waals surface area contributed by atoms with Crippen molar-refractivity contribution in [1.29, 1.82) is 0 Å². The van der Waals surface area contributed by atoms with E-state index >= 15 is 8.42 Å². The van der Waals surface area contributed by atoms with Gasteiger partial charge in [-0.25, -0.2) is 8.42 Å². The van der Waals surface area contributed by atoms with Crippen LogP contribution in [0.1, 0.15) is 22.3 Å². The molecule has 2 aliphatic heterocycles. The summed E-state index contributed by atoms with van der Waals surface area (Å²) in [5, 5.41) is 2.19. The van der Waals surface area contributed by atoms with Crippen molar-refractivity contribution in [3.05, 3.63) is 259 Å². The molecule has 0 fully saturated rings. The van der Waals surface area contributed by atoms with Gasteiger partial charge in [-0.1, -0.05) is 158 Å². The number of rotatable bonds is 4. The van der Waals surface area contributed by atoms with Crippen LogP contribution in [-0.2, 0) is 15.3 Å². The van der Waals surface area contributed by atoms with Crippen molar-refractivity contribution in [1.82, 2.24) is 4.57 Å². The Balaban J connectivity index is 1.04. The lowest BCUT2D eigenvalue weighted by molar-refractivity contribution is 0.595. The van der Waals surface area contributed by atoms with Crippen LogP contribution in [0.5, 0.6) is 0 Å². The highest BCUT2D eigenvalue weighted by Crippen LogP contribution is 2.66. The third kappa shape index (κ3) is 5.10. The minimum atomic E-state index is -3.96. The largest absolute Gasteiger partial charge is 0.310 e. The molecule has 5 nitrogen and oxygen atoms in total. The fourth-order valence-electron chi connectivity index (χ4n) is 11.6. The third-order valence-electron chi connectivity index (χ3n) is 14.3. The molecule has 3 heterocycles. The number of fused-ring (bicyclic) bond motifs is 15. The van der Waals surface area contributed by atoms with E-state index in [9.17, 15) is 0 Å². The maximum absolute atomic E-state index is 15.2. The van der Waals surface area contributed by atoms with Gasteiger partial charge in [0.25, 0.3) is 0 Å². The van der Waals surface area contributed by atoms with E-state index in [1.807, 2.05) is 30.3 Å². The van der Waals surface area contributed by atoms with Crippen LogP contribution in [0.4, 0.5) is 34.1 Å². The molecule has 0 bridgehead atoms. The van der Waals surface area contributed by atoms with Crippen molar-refractivity contribution < 1.29 is 8.42 Å². The molecule has 0 N–H and O–H groups in total. The van der Waals surface area contributed by atoms with E-state index < -0.39 is 15.3 Å². The Morgan fingerprint density at radius 2 is 0.925 bits per heavy atom. The molecular weight excluding hydrogens is 839 g/mol. The minimum Gasteiger partial charge on any atom is -0.310 e. The smallest absolute Gasteiger partial charge is 0.210 e. The van der Waals surface area contributed by atoms with Crippen LogP contribution in [0.25, 0.3) is 49.7 Å². The molecule has 10 aromatic carbocycles. The first kappa shape index (κ1) is 37.9. The van der Waals surface area contributed by atoms with Gasteiger partial charge in [0.05, 0.1) is 49.0 Å². The van der Waals surface area contributed by atoms with Crippen LogP contribution in [0.2, 0.25) is 0 Å². The van der Waals surface area contributed by atoms with Crippen LogP contribution < -0.4 is 9.80 Å². The van der Waals surface area contributed by atoms with E-state index in [0.29, 0.717) is 16.3 Å². The van der Waals surface area contributed by atoms with Gasteiger partial charge in [0.15, 0.2) is 0 Å². The fourth-order valence-corrected chi connectivity index (χ4v) is 13.3. The average Bonchev–Trinajstić information content (AvgIpc) is 3.88. The monoisotopic (exact) mass is 877 g/mol. The lowest BCUT2D eigenvalue weighted by Gasteiger charge is -2.45. The molecular formula is C61H39N3O2S. The zero-order valence-electron chi connectivity index (χ0n) is 36.1. The van der Waals surface area contributed by atoms with Crippen molar-refractivity contribution >= 4 is 65.8 Å². The number of para-hydroxylation sites is 5. The summed E-state index contributed by atoms with van der Waals surface area (Å²) in [7, 11) is -3.96. The fraction of sp³-hybridized carbons (Fsp3) is 0.0164. The topological polar surface area (TPSA) is 45.6 Å². The second-order valence-corrected chi connectivity index (χ2v) is 19.5. The maximum atomic E-state index is 15.2. The van der Waals surface area contributed by atoms with Crippen LogP contribution >= 0.6 is 0 Å². The summed E-state index contributed by atoms with van der Waals surface area (Å²) >= 11 is 0. The van der Waals surface area contributed by atoms with E-state index in [1.54, 1.807) is 6.07 Å². The summed E-state index contributed by atoms with van der Waals surface area (Å²) in [5.41, 5.74) is 16.6. The molecule has 67 heavy (non-hydrogen) atoms. The Hall–Kier alpha value is -8.45. The number of aromatic nitrogens is 1. The van der Waals surface area contributed by atoms with Crippen molar-refractivity contribution in [3.8, 4) is 27.9 Å². The molecule has 1 aromatic heterocycles. The van der Waals surface area contributed by atoms with E-state index in [4.69, 9.17) is 0 Å². The number of hydrogen-bond donors (Lipinski definition) is 0. The highest BCUT2D eigenvalue weighted by atomic mass is 32.2. The molecule has 0 saturated carbocycles. The molecule has 0 atom stereocenters. The molecule has 0 saturated heterocycles. The van der Waals surface area contributed by atoms with Gasteiger partial charge in [-0.3, -0.25) is 0 Å². The summed E-state index contributed by atoms with van der Waals surface area (Å²) in [6.07, 6.45) is 0. The van der Waals surface area contributed by atoms with E-state index in [-0.39, 0.29) is 4.90 Å². The second kappa shape index (κ2) is 14.0. The van der Waals surface area contributed by atoms with Gasteiger partial charge in [0.2, 0.25) is 9.84 Å². The third-order valence-corrected chi connectivity index (χ3v) is 16.1. The van der Waals surface area contributed by atoms with Crippen LogP contribution in [0.15, 0.2) is 246 Å². The minimum absolute atomic E-state index is 0.288. The summed E-state index contributed by atoms with van der Waals surface area (Å²) in [4.78, 5) is 5.17. The lowest BCUT2D eigenvalue weighted by Crippen LogP contribution is -2.36. The zero-order chi connectivity index (χ0) is 44.4. The average molecular weight is 878 g/mol. The predicted molar refractivity (Wildman–Crippen MR) is 272 cm³/mol. The standard InChI is InChI=1S/C61H39N3O2S/c65-67(66)57-30-16-15-29-56(57)64(44-35-37-53-47(39-44)45-21-8-12-26-52(45)62(53)43-33-31-41(32-34-43)40-17-3-1-4-18-40)60-58(67)38-36-51-59(60)46-22-7-9-23-48(46)61(51)49-24-10-13-27-54(49)63(42-19-5-2-6-20-42)55-28-14-11-25-50(55)61/h1-39H. The van der Waals surface area contributed by atoms with E-state index in [2.05, 4.69) is 215 Å². The number of anilines is 6. The Bertz CT molecular complexity index is 3910. The zero-order valence-corrected chi connectivity index (χ0v) is 36.9. The molecule has 0 radical (unpaired) electrons. The normalized spacial score (nSPS) is 14.6. The molecule has 0 unspecified atom stereocenters. The highest BCUT2D eigenvalue weighted by Gasteiger charge is 2.54. The Morgan fingerprint density at radius 1 is 0.358 bits per heavy atom. The van der Waals surface area contributed by atoms with Gasteiger partial charge >= 0.3 is 0 Å². The van der Waals surface area contributed by atoms with Gasteiger partial charge in [-0.15, -0.1) is 0 Å². The Kier molecular flexibility index (Phi) is 7.93. The van der Waals surface area contributed by atoms with Crippen molar-refractivity contribution in [3.63, 3.8) is 0 Å². The molecule has 14 rings (SSSR count). The SMILES string of the molecule is O=S1(=O)c2ccccc2N(c2ccc3c(c2)c2ccccc2n3-c2ccc(-c3ccccc3)cc2)c2c1ccc1c2-c2ccccc2C12c1ccccc1N(c1ccccc1)c1ccccc12. The van der Waals surface area contributed by atoms with Gasteiger partial charge in [0, 0.05) is 33.4 Å². The molecule has 6 heteroatoms. The molecule has 1 spiro atoms. The van der Waals surface area contributed by atoms with Gasteiger partial charge < -0.3 is 14.4 Å². The highest BCUT2D eigenvalue weighted by molar-refractivity contribution is 7.92. The summed E-state index contributed by atoms with van der Waals surface area (Å²) in [6.45, 7) is 0. The molecule has 3 aliphatic rings.